The van der Waals surface area contributed by atoms with Crippen molar-refractivity contribution in [2.45, 2.75) is 20.0 Å². The number of aryl methyl sites for hydroxylation is 3. The van der Waals surface area contributed by atoms with E-state index in [4.69, 9.17) is 4.74 Å². The van der Waals surface area contributed by atoms with E-state index in [1.807, 2.05) is 86.6 Å². The first-order valence-corrected chi connectivity index (χ1v) is 11.6. The van der Waals surface area contributed by atoms with E-state index >= 15 is 0 Å². The number of hydrogen-bond acceptors (Lipinski definition) is 3. The van der Waals surface area contributed by atoms with Crippen LogP contribution in [-0.4, -0.2) is 13.7 Å². The normalized spacial score (nSPS) is 14.5. The fourth-order valence-electron chi connectivity index (χ4n) is 5.19. The molecule has 1 atom stereocenters. The van der Waals surface area contributed by atoms with Crippen LogP contribution in [-0.2, 0) is 14.1 Å². The maximum atomic E-state index is 13.7. The molecule has 0 saturated carbocycles. The minimum atomic E-state index is -0.495. The van der Waals surface area contributed by atoms with Gasteiger partial charge in [0.05, 0.1) is 28.0 Å². The molecule has 35 heavy (non-hydrogen) atoms. The SMILES string of the molecule is Cc1ccc(-c2c3c(=O)n(C)c(=O)n(C)c3c3n2-c2ccccc2O[C@H]3c2ccccc2C)cc1. The fraction of sp³-hybridized carbons (Fsp3) is 0.172. The molecule has 0 amide bonds. The molecule has 3 heterocycles. The van der Waals surface area contributed by atoms with Crippen LogP contribution >= 0.6 is 0 Å². The van der Waals surface area contributed by atoms with Crippen molar-refractivity contribution in [3.8, 4) is 22.7 Å². The predicted molar refractivity (Wildman–Crippen MR) is 138 cm³/mol. The standard InChI is InChI=1S/C29H25N3O3/c1-17-13-15-19(16-14-17)24-23-25(30(3)29(34)31(4)28(23)33)26-27(20-10-6-5-9-18(20)2)35-22-12-8-7-11-21(22)32(24)26/h5-16,27H,1-4H3/t27-/m0/s1. The molecule has 6 nitrogen and oxygen atoms in total. The van der Waals surface area contributed by atoms with E-state index < -0.39 is 6.10 Å². The second kappa shape index (κ2) is 7.60. The quantitative estimate of drug-likeness (QED) is 0.378. The Morgan fingerprint density at radius 2 is 1.49 bits per heavy atom. The number of aromatic nitrogens is 3. The van der Waals surface area contributed by atoms with Crippen LogP contribution in [0.3, 0.4) is 0 Å². The van der Waals surface area contributed by atoms with E-state index in [-0.39, 0.29) is 11.2 Å². The van der Waals surface area contributed by atoms with Gasteiger partial charge in [-0.1, -0.05) is 66.2 Å². The second-order valence-corrected chi connectivity index (χ2v) is 9.19. The molecule has 0 saturated heterocycles. The summed E-state index contributed by atoms with van der Waals surface area (Å²) in [5.74, 6) is 0.726. The molecule has 1 aliphatic rings. The van der Waals surface area contributed by atoms with E-state index in [9.17, 15) is 9.59 Å². The zero-order valence-corrected chi connectivity index (χ0v) is 20.1. The summed E-state index contributed by atoms with van der Waals surface area (Å²) in [5.41, 5.74) is 6.39. The zero-order valence-electron chi connectivity index (χ0n) is 20.1. The summed E-state index contributed by atoms with van der Waals surface area (Å²) in [6, 6.07) is 24.1. The van der Waals surface area contributed by atoms with Gasteiger partial charge in [0.25, 0.3) is 5.56 Å². The third kappa shape index (κ3) is 2.96. The summed E-state index contributed by atoms with van der Waals surface area (Å²) < 4.78 is 11.5. The monoisotopic (exact) mass is 463 g/mol. The molecule has 0 fully saturated rings. The van der Waals surface area contributed by atoms with Crippen LogP contribution in [0.2, 0.25) is 0 Å². The minimum Gasteiger partial charge on any atom is -0.477 e. The largest absolute Gasteiger partial charge is 0.477 e. The third-order valence-corrected chi connectivity index (χ3v) is 7.00. The van der Waals surface area contributed by atoms with Crippen molar-refractivity contribution in [3.05, 3.63) is 116 Å². The first-order chi connectivity index (χ1) is 16.9. The summed E-state index contributed by atoms with van der Waals surface area (Å²) >= 11 is 0. The highest BCUT2D eigenvalue weighted by Gasteiger charge is 2.36. The van der Waals surface area contributed by atoms with Crippen molar-refractivity contribution >= 4 is 10.9 Å². The molecule has 6 heteroatoms. The van der Waals surface area contributed by atoms with Crippen molar-refractivity contribution in [2.24, 2.45) is 14.1 Å². The summed E-state index contributed by atoms with van der Waals surface area (Å²) in [5, 5.41) is 0.507. The molecule has 3 aromatic carbocycles. The molecule has 174 valence electrons. The fourth-order valence-corrected chi connectivity index (χ4v) is 5.19. The van der Waals surface area contributed by atoms with Crippen LogP contribution in [0.1, 0.15) is 28.5 Å². The summed E-state index contributed by atoms with van der Waals surface area (Å²) in [4.78, 5) is 26.8. The molecule has 2 aromatic heterocycles. The Morgan fingerprint density at radius 3 is 2.23 bits per heavy atom. The first-order valence-electron chi connectivity index (χ1n) is 11.6. The van der Waals surface area contributed by atoms with Crippen molar-refractivity contribution in [2.75, 3.05) is 0 Å². The van der Waals surface area contributed by atoms with E-state index in [0.29, 0.717) is 10.9 Å². The van der Waals surface area contributed by atoms with E-state index in [1.54, 1.807) is 11.6 Å². The number of hydrogen-bond donors (Lipinski definition) is 0. The number of nitrogens with zero attached hydrogens (tertiary/aromatic N) is 3. The number of benzene rings is 3. The smallest absolute Gasteiger partial charge is 0.331 e. The number of fused-ring (bicyclic) bond motifs is 5. The van der Waals surface area contributed by atoms with Gasteiger partial charge in [-0.15, -0.1) is 0 Å². The molecule has 1 aliphatic heterocycles. The minimum absolute atomic E-state index is 0.318. The summed E-state index contributed by atoms with van der Waals surface area (Å²) in [6.45, 7) is 4.09. The Bertz CT molecular complexity index is 1750. The summed E-state index contributed by atoms with van der Waals surface area (Å²) in [6.07, 6.45) is -0.495. The average molecular weight is 464 g/mol. The topological polar surface area (TPSA) is 58.2 Å². The molecular weight excluding hydrogens is 438 g/mol. The van der Waals surface area contributed by atoms with Crippen molar-refractivity contribution in [3.63, 3.8) is 0 Å². The molecular formula is C29H25N3O3. The number of rotatable bonds is 2. The Hall–Kier alpha value is -4.32. The van der Waals surface area contributed by atoms with Gasteiger partial charge in [0, 0.05) is 19.7 Å². The van der Waals surface area contributed by atoms with Crippen LogP contribution in [0.15, 0.2) is 82.4 Å². The van der Waals surface area contributed by atoms with Crippen molar-refractivity contribution < 1.29 is 4.74 Å². The van der Waals surface area contributed by atoms with Gasteiger partial charge in [0.15, 0.2) is 6.10 Å². The Kier molecular flexibility index (Phi) is 4.61. The Balaban J connectivity index is 1.88. The van der Waals surface area contributed by atoms with E-state index in [1.165, 1.54) is 11.6 Å². The van der Waals surface area contributed by atoms with E-state index in [0.717, 1.165) is 45.1 Å². The van der Waals surface area contributed by atoms with Gasteiger partial charge in [0.2, 0.25) is 0 Å². The molecule has 0 radical (unpaired) electrons. The highest BCUT2D eigenvalue weighted by atomic mass is 16.5. The lowest BCUT2D eigenvalue weighted by atomic mass is 9.99. The van der Waals surface area contributed by atoms with Crippen LogP contribution in [0, 0.1) is 13.8 Å². The highest BCUT2D eigenvalue weighted by molar-refractivity contribution is 5.98. The van der Waals surface area contributed by atoms with Gasteiger partial charge >= 0.3 is 5.69 Å². The Labute approximate surface area is 202 Å². The van der Waals surface area contributed by atoms with Crippen molar-refractivity contribution in [1.82, 2.24) is 13.7 Å². The van der Waals surface area contributed by atoms with E-state index in [2.05, 4.69) is 4.57 Å². The molecule has 0 N–H and O–H groups in total. The molecule has 0 bridgehead atoms. The Morgan fingerprint density at radius 1 is 0.800 bits per heavy atom. The average Bonchev–Trinajstić information content (AvgIpc) is 3.23. The second-order valence-electron chi connectivity index (χ2n) is 9.19. The molecule has 6 rings (SSSR count). The van der Waals surface area contributed by atoms with Gasteiger partial charge < -0.3 is 9.30 Å². The predicted octanol–water partition coefficient (Wildman–Crippen LogP) is 4.79. The van der Waals surface area contributed by atoms with Crippen molar-refractivity contribution in [1.29, 1.82) is 0 Å². The lowest BCUT2D eigenvalue weighted by Gasteiger charge is -2.30. The number of ether oxygens (including phenoxy) is 1. The lowest BCUT2D eigenvalue weighted by Crippen LogP contribution is -2.37. The third-order valence-electron chi connectivity index (χ3n) is 7.00. The highest BCUT2D eigenvalue weighted by Crippen LogP contribution is 2.46. The molecule has 0 unspecified atom stereocenters. The molecule has 5 aromatic rings. The van der Waals surface area contributed by atoms with Gasteiger partial charge in [-0.3, -0.25) is 13.9 Å². The van der Waals surface area contributed by atoms with Gasteiger partial charge in [-0.2, -0.15) is 0 Å². The summed E-state index contributed by atoms with van der Waals surface area (Å²) in [7, 11) is 3.25. The van der Waals surface area contributed by atoms with Gasteiger partial charge in [-0.05, 0) is 37.1 Å². The zero-order chi connectivity index (χ0) is 24.4. The van der Waals surface area contributed by atoms with Crippen LogP contribution in [0.25, 0.3) is 27.8 Å². The van der Waals surface area contributed by atoms with Gasteiger partial charge in [-0.25, -0.2) is 4.79 Å². The van der Waals surface area contributed by atoms with Crippen LogP contribution < -0.4 is 16.0 Å². The van der Waals surface area contributed by atoms with Gasteiger partial charge in [0.1, 0.15) is 5.75 Å². The van der Waals surface area contributed by atoms with Crippen LogP contribution in [0.5, 0.6) is 5.75 Å². The molecule has 0 aliphatic carbocycles. The maximum absolute atomic E-state index is 13.7. The number of para-hydroxylation sites is 2. The first kappa shape index (κ1) is 21.2. The molecule has 0 spiro atoms. The lowest BCUT2D eigenvalue weighted by molar-refractivity contribution is 0.228. The maximum Gasteiger partial charge on any atom is 0.331 e. The van der Waals surface area contributed by atoms with Crippen LogP contribution in [0.4, 0.5) is 0 Å².